The fraction of sp³-hybridized carbons (Fsp3) is 0.462. The molecule has 0 aliphatic heterocycles. The maximum atomic E-state index is 11.9. The highest BCUT2D eigenvalue weighted by molar-refractivity contribution is 9.10. The van der Waals surface area contributed by atoms with E-state index in [1.807, 2.05) is 13.8 Å². The highest BCUT2D eigenvalue weighted by Crippen LogP contribution is 2.19. The van der Waals surface area contributed by atoms with E-state index in [0.29, 0.717) is 0 Å². The minimum Gasteiger partial charge on any atom is -0.461 e. The fourth-order valence-electron chi connectivity index (χ4n) is 1.66. The molecule has 0 spiro atoms. The summed E-state index contributed by atoms with van der Waals surface area (Å²) in [5.74, 6) is -1.27. The molecule has 0 aromatic carbocycles. The van der Waals surface area contributed by atoms with E-state index in [0.717, 1.165) is 15.9 Å². The van der Waals surface area contributed by atoms with E-state index >= 15 is 0 Å². The van der Waals surface area contributed by atoms with E-state index in [1.165, 1.54) is 11.6 Å². The van der Waals surface area contributed by atoms with Crippen molar-refractivity contribution in [2.75, 3.05) is 6.61 Å². The number of carbonyl (C=O) groups excluding carboxylic acids is 2. The summed E-state index contributed by atoms with van der Waals surface area (Å²) in [6.07, 6.45) is 0. The topological polar surface area (TPSA) is 118 Å². The van der Waals surface area contributed by atoms with Crippen molar-refractivity contribution in [3.05, 3.63) is 15.9 Å². The second kappa shape index (κ2) is 8.42. The number of esters is 1. The van der Waals surface area contributed by atoms with Crippen molar-refractivity contribution in [2.24, 2.45) is 10.3 Å². The molecule has 0 aliphatic rings. The molecule has 0 bridgehead atoms. The van der Waals surface area contributed by atoms with Crippen LogP contribution in [0.15, 0.2) is 14.7 Å². The number of nitrogens with one attached hydrogen (secondary N) is 1. The maximum absolute atomic E-state index is 11.9. The van der Waals surface area contributed by atoms with Gasteiger partial charge in [-0.15, -0.1) is 0 Å². The Hall–Kier alpha value is -2.23. The summed E-state index contributed by atoms with van der Waals surface area (Å²) in [6, 6.07) is 0. The van der Waals surface area contributed by atoms with Crippen molar-refractivity contribution in [1.82, 2.24) is 15.2 Å². The van der Waals surface area contributed by atoms with Gasteiger partial charge in [0, 0.05) is 0 Å². The van der Waals surface area contributed by atoms with Crippen LogP contribution in [0.2, 0.25) is 0 Å². The van der Waals surface area contributed by atoms with E-state index in [4.69, 9.17) is 9.94 Å². The molecule has 0 unspecified atom stereocenters. The Labute approximate surface area is 141 Å². The quantitative estimate of drug-likeness (QED) is 0.328. The van der Waals surface area contributed by atoms with Gasteiger partial charge in [-0.2, -0.15) is 10.2 Å². The number of aromatic nitrogens is 2. The van der Waals surface area contributed by atoms with Gasteiger partial charge >= 0.3 is 5.97 Å². The Kier molecular flexibility index (Phi) is 6.89. The molecule has 2 N–H and O–H groups in total. The van der Waals surface area contributed by atoms with Crippen molar-refractivity contribution in [2.45, 2.75) is 34.2 Å². The highest BCUT2D eigenvalue weighted by atomic mass is 79.9. The monoisotopic (exact) mass is 387 g/mol. The average Bonchev–Trinajstić information content (AvgIpc) is 2.73. The Balaban J connectivity index is 2.73. The summed E-state index contributed by atoms with van der Waals surface area (Å²) in [7, 11) is 0. The molecule has 23 heavy (non-hydrogen) atoms. The zero-order chi connectivity index (χ0) is 17.6. The first-order chi connectivity index (χ1) is 10.8. The van der Waals surface area contributed by atoms with E-state index < -0.39 is 11.9 Å². The lowest BCUT2D eigenvalue weighted by molar-refractivity contribution is -0.135. The van der Waals surface area contributed by atoms with Crippen molar-refractivity contribution >= 4 is 39.2 Å². The number of nitrogens with zero attached hydrogens (tertiary/aromatic N) is 4. The summed E-state index contributed by atoms with van der Waals surface area (Å²) < 4.78 is 7.06. The lowest BCUT2D eigenvalue weighted by Crippen LogP contribution is -2.30. The van der Waals surface area contributed by atoms with Gasteiger partial charge in [0.05, 0.1) is 28.2 Å². The average molecular weight is 388 g/mol. The third-order valence-electron chi connectivity index (χ3n) is 2.85. The van der Waals surface area contributed by atoms with Crippen LogP contribution in [-0.2, 0) is 20.9 Å². The number of hydrogen-bond acceptors (Lipinski definition) is 7. The second-order valence-electron chi connectivity index (χ2n) is 4.54. The van der Waals surface area contributed by atoms with Gasteiger partial charge in [-0.05, 0) is 43.6 Å². The Morgan fingerprint density at radius 1 is 1.43 bits per heavy atom. The normalized spacial score (nSPS) is 12.2. The van der Waals surface area contributed by atoms with E-state index in [1.54, 1.807) is 6.92 Å². The largest absolute Gasteiger partial charge is 0.461 e. The zero-order valence-corrected chi connectivity index (χ0v) is 14.8. The number of rotatable bonds is 6. The summed E-state index contributed by atoms with van der Waals surface area (Å²) in [4.78, 5) is 23.4. The summed E-state index contributed by atoms with van der Waals surface area (Å²) in [5, 5.41) is 19.6. The number of carbonyl (C=O) groups is 2. The number of oxime groups is 1. The molecule has 1 amide bonds. The number of hydrazone groups is 1. The van der Waals surface area contributed by atoms with Gasteiger partial charge in [0.25, 0.3) is 5.91 Å². The van der Waals surface area contributed by atoms with E-state index in [9.17, 15) is 9.59 Å². The number of ether oxygens (including phenoxy) is 1. The van der Waals surface area contributed by atoms with Crippen molar-refractivity contribution in [3.8, 4) is 0 Å². The van der Waals surface area contributed by atoms with Gasteiger partial charge in [-0.25, -0.2) is 10.2 Å². The molecule has 0 radical (unpaired) electrons. The van der Waals surface area contributed by atoms with Crippen LogP contribution in [0.25, 0.3) is 0 Å². The minimum absolute atomic E-state index is 0.0221. The number of hydrogen-bond donors (Lipinski definition) is 2. The minimum atomic E-state index is -0.826. The van der Waals surface area contributed by atoms with Crippen molar-refractivity contribution in [3.63, 3.8) is 0 Å². The molecule has 1 aromatic heterocycles. The van der Waals surface area contributed by atoms with Gasteiger partial charge in [-0.3, -0.25) is 9.48 Å². The standard InChI is InChI=1S/C13H18BrN5O4/c1-5-23-13(21)12(18-22)8(3)15-16-10(20)6-19-9(4)11(14)7(2)17-19/h22H,5-6H2,1-4H3,(H,16,20)/b15-8+,18-12-. The second-order valence-corrected chi connectivity index (χ2v) is 5.34. The van der Waals surface area contributed by atoms with Gasteiger partial charge in [0.2, 0.25) is 5.71 Å². The molecule has 10 heteroatoms. The van der Waals surface area contributed by atoms with Gasteiger partial charge in [0.1, 0.15) is 6.54 Å². The summed E-state index contributed by atoms with van der Waals surface area (Å²) in [5.41, 5.74) is 3.50. The van der Waals surface area contributed by atoms with Crippen LogP contribution in [0, 0.1) is 13.8 Å². The van der Waals surface area contributed by atoms with Gasteiger partial charge in [0.15, 0.2) is 0 Å². The van der Waals surface area contributed by atoms with Crippen LogP contribution in [0.3, 0.4) is 0 Å². The number of amides is 1. The molecule has 1 aromatic rings. The van der Waals surface area contributed by atoms with Crippen LogP contribution in [-0.4, -0.2) is 44.9 Å². The van der Waals surface area contributed by atoms with E-state index in [2.05, 4.69) is 36.7 Å². The van der Waals surface area contributed by atoms with Crippen LogP contribution in [0.5, 0.6) is 0 Å². The third-order valence-corrected chi connectivity index (χ3v) is 3.99. The first-order valence-corrected chi connectivity index (χ1v) is 7.53. The molecule has 0 atom stereocenters. The van der Waals surface area contributed by atoms with Gasteiger partial charge < -0.3 is 9.94 Å². The molecule has 126 valence electrons. The Morgan fingerprint density at radius 2 is 2.09 bits per heavy atom. The predicted octanol–water partition coefficient (Wildman–Crippen LogP) is 1.15. The van der Waals surface area contributed by atoms with E-state index in [-0.39, 0.29) is 24.6 Å². The third kappa shape index (κ3) is 4.88. The molecular formula is C13H18BrN5O4. The fourth-order valence-corrected chi connectivity index (χ4v) is 1.94. The molecule has 9 nitrogen and oxygen atoms in total. The van der Waals surface area contributed by atoms with Crippen LogP contribution < -0.4 is 5.43 Å². The number of aryl methyl sites for hydroxylation is 1. The lowest BCUT2D eigenvalue weighted by Gasteiger charge is -2.05. The lowest BCUT2D eigenvalue weighted by atomic mass is 10.2. The number of halogens is 1. The molecule has 0 aliphatic carbocycles. The first kappa shape index (κ1) is 18.8. The van der Waals surface area contributed by atoms with Crippen LogP contribution in [0.1, 0.15) is 25.2 Å². The zero-order valence-electron chi connectivity index (χ0n) is 13.3. The molecule has 0 saturated carbocycles. The molecule has 0 fully saturated rings. The smallest absolute Gasteiger partial charge is 0.362 e. The Morgan fingerprint density at radius 3 is 2.57 bits per heavy atom. The SMILES string of the molecule is CCOC(=O)C(=N\O)/C(C)=N/NC(=O)Cn1nc(C)c(Br)c1C. The van der Waals surface area contributed by atoms with Gasteiger partial charge in [-0.1, -0.05) is 5.16 Å². The summed E-state index contributed by atoms with van der Waals surface area (Å²) >= 11 is 3.37. The van der Waals surface area contributed by atoms with Crippen molar-refractivity contribution < 1.29 is 19.5 Å². The predicted molar refractivity (Wildman–Crippen MR) is 86.5 cm³/mol. The van der Waals surface area contributed by atoms with Crippen LogP contribution >= 0.6 is 15.9 Å². The molecular weight excluding hydrogens is 370 g/mol. The van der Waals surface area contributed by atoms with Crippen LogP contribution in [0.4, 0.5) is 0 Å². The van der Waals surface area contributed by atoms with Crippen molar-refractivity contribution in [1.29, 1.82) is 0 Å². The Bertz CT molecular complexity index is 666. The maximum Gasteiger partial charge on any atom is 0.362 e. The first-order valence-electron chi connectivity index (χ1n) is 6.73. The highest BCUT2D eigenvalue weighted by Gasteiger charge is 2.18. The summed E-state index contributed by atoms with van der Waals surface area (Å²) in [6.45, 7) is 6.75. The molecule has 1 rings (SSSR count). The molecule has 1 heterocycles. The molecule has 0 saturated heterocycles.